The van der Waals surface area contributed by atoms with Gasteiger partial charge in [0.1, 0.15) is 0 Å². The first-order valence-electron chi connectivity index (χ1n) is 6.16. The van der Waals surface area contributed by atoms with Crippen LogP contribution < -0.4 is 5.32 Å². The fourth-order valence-electron chi connectivity index (χ4n) is 2.93. The van der Waals surface area contributed by atoms with E-state index >= 15 is 0 Å². The Morgan fingerprint density at radius 3 is 2.69 bits per heavy atom. The molecule has 0 radical (unpaired) electrons. The summed E-state index contributed by atoms with van der Waals surface area (Å²) in [6.07, 6.45) is 2.02. The second-order valence-corrected chi connectivity index (χ2v) is 5.18. The van der Waals surface area contributed by atoms with Gasteiger partial charge in [0.05, 0.1) is 0 Å². The van der Waals surface area contributed by atoms with Gasteiger partial charge in [0.25, 0.3) is 0 Å². The highest BCUT2D eigenvalue weighted by atomic mass is 15.2. The summed E-state index contributed by atoms with van der Waals surface area (Å²) >= 11 is 0. The smallest absolute Gasteiger partial charge is 0.0372 e. The van der Waals surface area contributed by atoms with Crippen molar-refractivity contribution in [3.8, 4) is 0 Å². The summed E-state index contributed by atoms with van der Waals surface area (Å²) in [4.78, 5) is 6.93. The van der Waals surface area contributed by atoms with Gasteiger partial charge in [-0.15, -0.1) is 0 Å². The predicted molar refractivity (Wildman–Crippen MR) is 64.1 cm³/mol. The summed E-state index contributed by atoms with van der Waals surface area (Å²) < 4.78 is 0. The number of nitrogens with one attached hydrogen (secondary N) is 1. The molecule has 1 N–H and O–H groups in total. The number of aromatic nitrogens is 1. The van der Waals surface area contributed by atoms with E-state index in [9.17, 15) is 0 Å². The number of likely N-dealkylation sites (tertiary alicyclic amines) is 1. The van der Waals surface area contributed by atoms with Crippen molar-refractivity contribution in [2.24, 2.45) is 11.8 Å². The van der Waals surface area contributed by atoms with Gasteiger partial charge >= 0.3 is 0 Å². The Morgan fingerprint density at radius 2 is 2.06 bits per heavy atom. The first-order valence-corrected chi connectivity index (χ1v) is 6.16. The van der Waals surface area contributed by atoms with Crippen molar-refractivity contribution >= 4 is 0 Å². The third-order valence-corrected chi connectivity index (χ3v) is 3.84. The zero-order valence-corrected chi connectivity index (χ0v) is 9.82. The van der Waals surface area contributed by atoms with Gasteiger partial charge in [-0.1, -0.05) is 6.07 Å². The Balaban J connectivity index is 1.62. The third-order valence-electron chi connectivity index (χ3n) is 3.84. The van der Waals surface area contributed by atoms with Crippen LogP contribution in [0.15, 0.2) is 18.3 Å². The first-order chi connectivity index (χ1) is 7.81. The highest BCUT2D eigenvalue weighted by Gasteiger charge is 2.35. The van der Waals surface area contributed by atoms with E-state index in [4.69, 9.17) is 0 Å². The molecule has 1 aromatic heterocycles. The summed E-state index contributed by atoms with van der Waals surface area (Å²) in [5.74, 6) is 1.77. The Kier molecular flexibility index (Phi) is 2.65. The van der Waals surface area contributed by atoms with E-state index in [1.165, 1.54) is 31.7 Å². The van der Waals surface area contributed by atoms with E-state index in [1.807, 2.05) is 13.1 Å². The van der Waals surface area contributed by atoms with E-state index in [2.05, 4.69) is 27.3 Å². The van der Waals surface area contributed by atoms with Crippen LogP contribution in [-0.2, 0) is 6.54 Å². The summed E-state index contributed by atoms with van der Waals surface area (Å²) in [6, 6.07) is 4.31. The molecule has 0 aliphatic carbocycles. The van der Waals surface area contributed by atoms with Crippen LogP contribution in [0.2, 0.25) is 0 Å². The lowest BCUT2D eigenvalue weighted by atomic mass is 10.0. The number of rotatable bonds is 2. The van der Waals surface area contributed by atoms with Crippen LogP contribution in [-0.4, -0.2) is 36.1 Å². The summed E-state index contributed by atoms with van der Waals surface area (Å²) in [5.41, 5.74) is 2.45. The van der Waals surface area contributed by atoms with Crippen LogP contribution >= 0.6 is 0 Å². The topological polar surface area (TPSA) is 28.2 Å². The van der Waals surface area contributed by atoms with Crippen molar-refractivity contribution in [2.45, 2.75) is 13.5 Å². The number of hydrogen-bond acceptors (Lipinski definition) is 3. The standard InChI is InChI=1S/C13H19N3/c1-10-2-3-11(4-15-10)7-16-8-12-5-14-6-13(12)9-16/h2-4,12-14H,5-9H2,1H3/t12-,13+. The molecular weight excluding hydrogens is 198 g/mol. The van der Waals surface area contributed by atoms with Crippen molar-refractivity contribution in [3.63, 3.8) is 0 Å². The number of nitrogens with zero attached hydrogens (tertiary/aromatic N) is 2. The lowest BCUT2D eigenvalue weighted by Crippen LogP contribution is -2.25. The van der Waals surface area contributed by atoms with E-state index in [0.29, 0.717) is 0 Å². The molecule has 3 nitrogen and oxygen atoms in total. The van der Waals surface area contributed by atoms with Crippen LogP contribution in [0.1, 0.15) is 11.3 Å². The van der Waals surface area contributed by atoms with E-state index in [1.54, 1.807) is 0 Å². The van der Waals surface area contributed by atoms with Crippen molar-refractivity contribution in [3.05, 3.63) is 29.6 Å². The van der Waals surface area contributed by atoms with Crippen molar-refractivity contribution in [1.82, 2.24) is 15.2 Å². The maximum atomic E-state index is 4.35. The fraction of sp³-hybridized carbons (Fsp3) is 0.615. The molecule has 0 aromatic carbocycles. The van der Waals surface area contributed by atoms with E-state index < -0.39 is 0 Å². The molecule has 2 atom stereocenters. The first kappa shape index (κ1) is 10.2. The summed E-state index contributed by atoms with van der Waals surface area (Å²) in [7, 11) is 0. The Labute approximate surface area is 96.9 Å². The van der Waals surface area contributed by atoms with Gasteiger partial charge in [0.2, 0.25) is 0 Å². The number of pyridine rings is 1. The molecule has 16 heavy (non-hydrogen) atoms. The minimum Gasteiger partial charge on any atom is -0.316 e. The minimum atomic E-state index is 0.887. The van der Waals surface area contributed by atoms with Crippen LogP contribution in [0.25, 0.3) is 0 Å². The maximum absolute atomic E-state index is 4.35. The molecule has 0 bridgehead atoms. The molecule has 2 fully saturated rings. The summed E-state index contributed by atoms with van der Waals surface area (Å²) in [6.45, 7) is 8.05. The van der Waals surface area contributed by atoms with Crippen LogP contribution in [0.4, 0.5) is 0 Å². The zero-order valence-electron chi connectivity index (χ0n) is 9.82. The highest BCUT2D eigenvalue weighted by Crippen LogP contribution is 2.27. The van der Waals surface area contributed by atoms with Crippen LogP contribution in [0.3, 0.4) is 0 Å². The number of hydrogen-bond donors (Lipinski definition) is 1. The van der Waals surface area contributed by atoms with Crippen LogP contribution in [0.5, 0.6) is 0 Å². The molecule has 3 heterocycles. The molecule has 0 saturated carbocycles. The molecule has 3 heteroatoms. The largest absolute Gasteiger partial charge is 0.316 e. The number of fused-ring (bicyclic) bond motifs is 1. The van der Waals surface area contributed by atoms with Crippen molar-refractivity contribution < 1.29 is 0 Å². The average Bonchev–Trinajstić information content (AvgIpc) is 2.81. The second kappa shape index (κ2) is 4.15. The lowest BCUT2D eigenvalue weighted by Gasteiger charge is -2.16. The minimum absolute atomic E-state index is 0.887. The van der Waals surface area contributed by atoms with Gasteiger partial charge in [0.15, 0.2) is 0 Å². The molecule has 1 aromatic rings. The van der Waals surface area contributed by atoms with Gasteiger partial charge in [-0.25, -0.2) is 0 Å². The van der Waals surface area contributed by atoms with Crippen molar-refractivity contribution in [1.29, 1.82) is 0 Å². The van der Waals surface area contributed by atoms with E-state index in [-0.39, 0.29) is 0 Å². The molecule has 86 valence electrons. The van der Waals surface area contributed by atoms with Gasteiger partial charge in [0, 0.05) is 31.5 Å². The molecule has 2 saturated heterocycles. The van der Waals surface area contributed by atoms with Gasteiger partial charge < -0.3 is 5.32 Å². The highest BCUT2D eigenvalue weighted by molar-refractivity contribution is 5.13. The van der Waals surface area contributed by atoms with E-state index in [0.717, 1.165) is 24.1 Å². The monoisotopic (exact) mass is 217 g/mol. The Hall–Kier alpha value is -0.930. The Bertz CT molecular complexity index is 348. The zero-order chi connectivity index (χ0) is 11.0. The third kappa shape index (κ3) is 1.97. The second-order valence-electron chi connectivity index (χ2n) is 5.18. The normalized spacial score (nSPS) is 29.6. The summed E-state index contributed by atoms with van der Waals surface area (Å²) in [5, 5.41) is 3.48. The van der Waals surface area contributed by atoms with Crippen LogP contribution in [0, 0.1) is 18.8 Å². The lowest BCUT2D eigenvalue weighted by molar-refractivity contribution is 0.305. The van der Waals surface area contributed by atoms with Gasteiger partial charge in [-0.2, -0.15) is 0 Å². The number of aryl methyl sites for hydroxylation is 1. The molecule has 0 unspecified atom stereocenters. The van der Waals surface area contributed by atoms with Gasteiger partial charge in [-0.3, -0.25) is 9.88 Å². The molecular formula is C13H19N3. The SMILES string of the molecule is Cc1ccc(CN2C[C@H]3CNC[C@H]3C2)cn1. The van der Waals surface area contributed by atoms with Gasteiger partial charge in [-0.05, 0) is 43.5 Å². The quantitative estimate of drug-likeness (QED) is 0.802. The Morgan fingerprint density at radius 1 is 1.31 bits per heavy atom. The van der Waals surface area contributed by atoms with Crippen molar-refractivity contribution in [2.75, 3.05) is 26.2 Å². The fourth-order valence-corrected chi connectivity index (χ4v) is 2.93. The molecule has 0 spiro atoms. The molecule has 3 rings (SSSR count). The maximum Gasteiger partial charge on any atom is 0.0372 e. The predicted octanol–water partition coefficient (Wildman–Crippen LogP) is 1.04. The average molecular weight is 217 g/mol. The molecule has 0 amide bonds. The molecule has 2 aliphatic rings. The molecule has 2 aliphatic heterocycles.